The first-order valence-electron chi connectivity index (χ1n) is 7.88. The third-order valence-electron chi connectivity index (χ3n) is 4.30. The fraction of sp³-hybridized carbons (Fsp3) is 0.333. The third-order valence-corrected chi connectivity index (χ3v) is 4.55. The van der Waals surface area contributed by atoms with Gasteiger partial charge in [-0.15, -0.1) is 0 Å². The number of rotatable bonds is 2. The van der Waals surface area contributed by atoms with Crippen molar-refractivity contribution in [1.29, 1.82) is 0 Å². The Morgan fingerprint density at radius 2 is 1.92 bits per heavy atom. The van der Waals surface area contributed by atoms with Gasteiger partial charge in [0.25, 0.3) is 5.56 Å². The molecule has 1 heterocycles. The van der Waals surface area contributed by atoms with Gasteiger partial charge >= 0.3 is 6.18 Å². The van der Waals surface area contributed by atoms with Gasteiger partial charge in [0.15, 0.2) is 0 Å². The maximum atomic E-state index is 12.8. The van der Waals surface area contributed by atoms with E-state index >= 15 is 0 Å². The van der Waals surface area contributed by atoms with Crippen molar-refractivity contribution in [2.24, 2.45) is 0 Å². The molecule has 132 valence electrons. The van der Waals surface area contributed by atoms with Gasteiger partial charge in [0, 0.05) is 28.3 Å². The maximum absolute atomic E-state index is 12.8. The Morgan fingerprint density at radius 3 is 2.48 bits per heavy atom. The van der Waals surface area contributed by atoms with E-state index in [-0.39, 0.29) is 24.3 Å². The molecule has 0 aliphatic heterocycles. The lowest BCUT2D eigenvalue weighted by Gasteiger charge is -2.25. The van der Waals surface area contributed by atoms with Crippen LogP contribution >= 0.6 is 11.6 Å². The number of alkyl halides is 3. The first-order chi connectivity index (χ1) is 11.8. The third kappa shape index (κ3) is 3.79. The number of halogens is 4. The lowest BCUT2D eigenvalue weighted by atomic mass is 9.88. The van der Waals surface area contributed by atoms with E-state index < -0.39 is 11.7 Å². The molecule has 0 bridgehead atoms. The second kappa shape index (κ2) is 6.67. The second-order valence-electron chi connectivity index (χ2n) is 6.10. The molecule has 3 nitrogen and oxygen atoms in total. The molecular weight excluding hydrogens is 353 g/mol. The summed E-state index contributed by atoms with van der Waals surface area (Å²) in [6.07, 6.45) is -2.64. The normalized spacial score (nSPS) is 18.1. The van der Waals surface area contributed by atoms with Gasteiger partial charge in [0.2, 0.25) is 0 Å². The summed E-state index contributed by atoms with van der Waals surface area (Å²) in [6, 6.07) is 8.14. The van der Waals surface area contributed by atoms with Gasteiger partial charge in [0.05, 0.1) is 5.69 Å². The quantitative estimate of drug-likeness (QED) is 0.703. The molecule has 0 amide bonds. The number of aryl methyl sites for hydroxylation is 1. The summed E-state index contributed by atoms with van der Waals surface area (Å²) in [5, 5.41) is 0.536. The molecule has 1 aromatic carbocycles. The van der Waals surface area contributed by atoms with Gasteiger partial charge in [-0.2, -0.15) is 13.2 Å². The number of benzene rings is 1. The highest BCUT2D eigenvalue weighted by atomic mass is 35.5. The fourth-order valence-corrected chi connectivity index (χ4v) is 3.19. The summed E-state index contributed by atoms with van der Waals surface area (Å²) in [5.74, 6) is 0.249. The molecule has 1 unspecified atom stereocenters. The van der Waals surface area contributed by atoms with Crippen LogP contribution in [0.25, 0.3) is 5.69 Å². The second-order valence-corrected chi connectivity index (χ2v) is 6.54. The summed E-state index contributed by atoms with van der Waals surface area (Å²) < 4.78 is 39.9. The van der Waals surface area contributed by atoms with Crippen LogP contribution in [0.1, 0.15) is 36.7 Å². The van der Waals surface area contributed by atoms with Crippen molar-refractivity contribution >= 4 is 11.6 Å². The number of allylic oxidation sites excluding steroid dienone is 2. The molecule has 1 aromatic heterocycles. The van der Waals surface area contributed by atoms with Gasteiger partial charge in [0.1, 0.15) is 5.82 Å². The Hall–Kier alpha value is -2.08. The highest BCUT2D eigenvalue weighted by Gasteiger charge is 2.36. The molecule has 0 radical (unpaired) electrons. The van der Waals surface area contributed by atoms with Gasteiger partial charge in [-0.3, -0.25) is 9.36 Å². The van der Waals surface area contributed by atoms with Crippen LogP contribution in [0.15, 0.2) is 46.8 Å². The fourth-order valence-electron chi connectivity index (χ4n) is 3.07. The molecule has 25 heavy (non-hydrogen) atoms. The van der Waals surface area contributed by atoms with Gasteiger partial charge in [-0.1, -0.05) is 17.7 Å². The zero-order chi connectivity index (χ0) is 18.2. The summed E-state index contributed by atoms with van der Waals surface area (Å²) in [4.78, 5) is 17.0. The van der Waals surface area contributed by atoms with Crippen molar-refractivity contribution < 1.29 is 13.2 Å². The van der Waals surface area contributed by atoms with E-state index in [1.54, 1.807) is 31.2 Å². The number of nitrogens with zero attached hydrogens (tertiary/aromatic N) is 2. The summed E-state index contributed by atoms with van der Waals surface area (Å²) in [7, 11) is 0. The van der Waals surface area contributed by atoms with E-state index in [2.05, 4.69) is 4.98 Å². The lowest BCUT2D eigenvalue weighted by Crippen LogP contribution is -2.27. The summed E-state index contributed by atoms with van der Waals surface area (Å²) in [6.45, 7) is 1.71. The SMILES string of the molecule is Cc1cc(=O)n(-c2ccc(Cl)cc2)c(C2CC=C(C(F)(F)F)CC2)n1. The number of hydrogen-bond acceptors (Lipinski definition) is 2. The van der Waals surface area contributed by atoms with Gasteiger partial charge in [-0.05, 0) is 50.5 Å². The van der Waals surface area contributed by atoms with E-state index in [1.165, 1.54) is 16.7 Å². The highest BCUT2D eigenvalue weighted by molar-refractivity contribution is 6.30. The minimum atomic E-state index is -4.29. The van der Waals surface area contributed by atoms with Crippen molar-refractivity contribution in [2.75, 3.05) is 0 Å². The van der Waals surface area contributed by atoms with Crippen LogP contribution in [0.5, 0.6) is 0 Å². The summed E-state index contributed by atoms with van der Waals surface area (Å²) >= 11 is 5.89. The van der Waals surface area contributed by atoms with Crippen molar-refractivity contribution in [3.05, 3.63) is 68.9 Å². The van der Waals surface area contributed by atoms with E-state index in [4.69, 9.17) is 11.6 Å². The van der Waals surface area contributed by atoms with Crippen molar-refractivity contribution in [2.45, 2.75) is 38.3 Å². The monoisotopic (exact) mass is 368 g/mol. The molecule has 1 aliphatic rings. The summed E-state index contributed by atoms with van der Waals surface area (Å²) in [5.41, 5.74) is 0.394. The molecule has 3 rings (SSSR count). The average Bonchev–Trinajstić information content (AvgIpc) is 2.55. The van der Waals surface area contributed by atoms with Gasteiger partial charge < -0.3 is 0 Å². The van der Waals surface area contributed by atoms with E-state index in [0.717, 1.165) is 0 Å². The molecule has 0 saturated heterocycles. The van der Waals surface area contributed by atoms with Crippen LogP contribution in [0.2, 0.25) is 5.02 Å². The molecule has 2 aromatic rings. The Kier molecular flexibility index (Phi) is 4.73. The van der Waals surface area contributed by atoms with Crippen molar-refractivity contribution in [1.82, 2.24) is 9.55 Å². The molecule has 0 N–H and O–H groups in total. The van der Waals surface area contributed by atoms with E-state index in [9.17, 15) is 18.0 Å². The predicted octanol–water partition coefficient (Wildman–Crippen LogP) is 4.95. The highest BCUT2D eigenvalue weighted by Crippen LogP contribution is 2.38. The largest absolute Gasteiger partial charge is 0.412 e. The molecule has 7 heteroatoms. The van der Waals surface area contributed by atoms with Crippen molar-refractivity contribution in [3.8, 4) is 5.69 Å². The minimum Gasteiger partial charge on any atom is -0.269 e. The van der Waals surface area contributed by atoms with Crippen LogP contribution in [0.3, 0.4) is 0 Å². The van der Waals surface area contributed by atoms with Gasteiger partial charge in [-0.25, -0.2) is 4.98 Å². The Bertz CT molecular complexity index is 869. The van der Waals surface area contributed by atoms with Crippen LogP contribution in [-0.4, -0.2) is 15.7 Å². The smallest absolute Gasteiger partial charge is 0.269 e. The van der Waals surface area contributed by atoms with Crippen LogP contribution in [0.4, 0.5) is 13.2 Å². The van der Waals surface area contributed by atoms with Crippen LogP contribution < -0.4 is 5.56 Å². The predicted molar refractivity (Wildman–Crippen MR) is 90.3 cm³/mol. The number of aromatic nitrogens is 2. The minimum absolute atomic E-state index is 0.0708. The Balaban J connectivity index is 2.04. The van der Waals surface area contributed by atoms with E-state index in [1.807, 2.05) is 0 Å². The zero-order valence-electron chi connectivity index (χ0n) is 13.5. The zero-order valence-corrected chi connectivity index (χ0v) is 14.2. The first kappa shape index (κ1) is 17.7. The topological polar surface area (TPSA) is 34.9 Å². The molecule has 0 saturated carbocycles. The molecular formula is C18H16ClF3N2O. The Labute approximate surface area is 147 Å². The number of hydrogen-bond donors (Lipinski definition) is 0. The Morgan fingerprint density at radius 1 is 1.24 bits per heavy atom. The molecule has 0 fully saturated rings. The molecule has 1 aliphatic carbocycles. The van der Waals surface area contributed by atoms with Crippen LogP contribution in [0, 0.1) is 6.92 Å². The first-order valence-corrected chi connectivity index (χ1v) is 8.26. The molecule has 1 atom stereocenters. The lowest BCUT2D eigenvalue weighted by molar-refractivity contribution is -0.0952. The maximum Gasteiger partial charge on any atom is 0.412 e. The van der Waals surface area contributed by atoms with Crippen molar-refractivity contribution in [3.63, 3.8) is 0 Å². The average molecular weight is 369 g/mol. The standard InChI is InChI=1S/C18H16ClF3N2O/c1-11-10-16(25)24(15-8-6-14(19)7-9-15)17(23-11)12-2-4-13(5-3-12)18(20,21)22/h4,6-10,12H,2-3,5H2,1H3. The van der Waals surface area contributed by atoms with Crippen LogP contribution in [-0.2, 0) is 0 Å². The van der Waals surface area contributed by atoms with E-state index in [0.29, 0.717) is 28.6 Å². The molecule has 0 spiro atoms.